The van der Waals surface area contributed by atoms with Crippen LogP contribution in [-0.2, 0) is 11.0 Å². The van der Waals surface area contributed by atoms with Crippen molar-refractivity contribution in [3.05, 3.63) is 42.6 Å². The van der Waals surface area contributed by atoms with Crippen LogP contribution in [0.5, 0.6) is 0 Å². The maximum absolute atomic E-state index is 13.6. The van der Waals surface area contributed by atoms with Gasteiger partial charge in [0.05, 0.1) is 23.3 Å². The number of piperidine rings is 3. The zero-order valence-corrected chi connectivity index (χ0v) is 20.9. The fraction of sp³-hybridized carbons (Fsp3) is 0.480. The lowest BCUT2D eigenvalue weighted by atomic mass is 9.71. The summed E-state index contributed by atoms with van der Waals surface area (Å²) in [6.07, 6.45) is 5.74. The van der Waals surface area contributed by atoms with Crippen molar-refractivity contribution in [2.45, 2.75) is 31.6 Å². The number of hydrogen-bond donors (Lipinski definition) is 1. The highest BCUT2D eigenvalue weighted by Gasteiger charge is 2.38. The van der Waals surface area contributed by atoms with Gasteiger partial charge in [-0.1, -0.05) is 11.3 Å². The number of alkyl halides is 2. The number of anilines is 3. The van der Waals surface area contributed by atoms with Gasteiger partial charge in [0.15, 0.2) is 0 Å². The molecule has 0 amide bonds. The molecule has 36 heavy (non-hydrogen) atoms. The molecule has 1 N–H and O–H groups in total. The van der Waals surface area contributed by atoms with Crippen LogP contribution in [0.2, 0.25) is 0 Å². The summed E-state index contributed by atoms with van der Waals surface area (Å²) in [6.45, 7) is 2.56. The second kappa shape index (κ2) is 9.10. The van der Waals surface area contributed by atoms with Gasteiger partial charge in [-0.15, -0.1) is 5.10 Å². The molecule has 2 bridgehead atoms. The first-order chi connectivity index (χ1) is 17.3. The Morgan fingerprint density at radius 1 is 1.00 bits per heavy atom. The quantitative estimate of drug-likeness (QED) is 0.534. The molecule has 1 saturated carbocycles. The maximum atomic E-state index is 13.6. The molecular weight excluding hydrogens is 484 g/mol. The van der Waals surface area contributed by atoms with Gasteiger partial charge < -0.3 is 14.5 Å². The Morgan fingerprint density at radius 3 is 2.47 bits per heavy atom. The Balaban J connectivity index is 1.29. The summed E-state index contributed by atoms with van der Waals surface area (Å²) >= 11 is 0. The number of benzene rings is 1. The molecule has 11 heteroatoms. The third-order valence-electron chi connectivity index (χ3n) is 7.42. The number of aromatic nitrogens is 4. The Bertz CT molecular complexity index is 1270. The van der Waals surface area contributed by atoms with Crippen LogP contribution < -0.4 is 14.5 Å². The summed E-state index contributed by atoms with van der Waals surface area (Å²) in [6, 6.07) is 11.5. The molecule has 0 spiro atoms. The predicted octanol–water partition coefficient (Wildman–Crippen LogP) is 4.12. The highest BCUT2D eigenvalue weighted by atomic mass is 32.2. The summed E-state index contributed by atoms with van der Waals surface area (Å²) in [5, 5.41) is 8.79. The zero-order valence-electron chi connectivity index (χ0n) is 20.1. The molecule has 1 aromatic carbocycles. The summed E-state index contributed by atoms with van der Waals surface area (Å²) < 4.78 is 43.7. The summed E-state index contributed by atoms with van der Waals surface area (Å²) in [5.41, 5.74) is 4.00. The second-order valence-electron chi connectivity index (χ2n) is 10.1. The van der Waals surface area contributed by atoms with Crippen molar-refractivity contribution in [2.24, 2.45) is 11.8 Å². The molecule has 7 rings (SSSR count). The van der Waals surface area contributed by atoms with E-state index in [0.29, 0.717) is 17.2 Å². The number of halogens is 2. The van der Waals surface area contributed by atoms with Crippen LogP contribution in [0.25, 0.3) is 17.1 Å². The van der Waals surface area contributed by atoms with E-state index >= 15 is 0 Å². The Kier molecular flexibility index (Phi) is 5.89. The fourth-order valence-corrected chi connectivity index (χ4v) is 6.03. The van der Waals surface area contributed by atoms with E-state index in [9.17, 15) is 13.0 Å². The first-order valence-electron chi connectivity index (χ1n) is 12.3. The number of fused-ring (bicyclic) bond motifs is 2. The Hall–Kier alpha value is -3.08. The van der Waals surface area contributed by atoms with E-state index in [-0.39, 0.29) is 25.9 Å². The molecule has 4 aliphatic rings. The smallest absolute Gasteiger partial charge is 0.251 e. The topological polar surface area (TPSA) is 79.2 Å². The zero-order chi connectivity index (χ0) is 24.9. The lowest BCUT2D eigenvalue weighted by molar-refractivity contribution is -0.0221. The van der Waals surface area contributed by atoms with Gasteiger partial charge in [-0.2, -0.15) is 0 Å². The monoisotopic (exact) mass is 513 g/mol. The van der Waals surface area contributed by atoms with Gasteiger partial charge in [0.25, 0.3) is 5.92 Å². The van der Waals surface area contributed by atoms with Gasteiger partial charge in [-0.05, 0) is 55.0 Å². The lowest BCUT2D eigenvalue weighted by Gasteiger charge is -2.48. The van der Waals surface area contributed by atoms with Crippen molar-refractivity contribution in [3.63, 3.8) is 0 Å². The third-order valence-corrected chi connectivity index (χ3v) is 7.95. The molecule has 8 nitrogen and oxygen atoms in total. The van der Waals surface area contributed by atoms with Crippen LogP contribution in [0.1, 0.15) is 25.7 Å². The average Bonchev–Trinajstić information content (AvgIpc) is 3.34. The van der Waals surface area contributed by atoms with Crippen LogP contribution in [0.4, 0.5) is 26.0 Å². The molecule has 2 aromatic heterocycles. The van der Waals surface area contributed by atoms with E-state index in [1.165, 1.54) is 12.8 Å². The van der Waals surface area contributed by atoms with Gasteiger partial charge in [-0.25, -0.2) is 22.7 Å². The van der Waals surface area contributed by atoms with Crippen molar-refractivity contribution < 1.29 is 13.0 Å². The van der Waals surface area contributed by atoms with E-state index in [1.54, 1.807) is 10.9 Å². The van der Waals surface area contributed by atoms with E-state index in [1.807, 2.05) is 47.5 Å². The van der Waals surface area contributed by atoms with Crippen LogP contribution in [0, 0.1) is 11.8 Å². The molecule has 1 unspecified atom stereocenters. The minimum atomic E-state index is -2.60. The molecule has 3 aromatic rings. The van der Waals surface area contributed by atoms with Crippen molar-refractivity contribution >= 4 is 28.2 Å². The van der Waals surface area contributed by atoms with E-state index in [2.05, 4.69) is 19.9 Å². The highest BCUT2D eigenvalue weighted by molar-refractivity contribution is 7.85. The lowest BCUT2D eigenvalue weighted by Crippen LogP contribution is -2.49. The van der Waals surface area contributed by atoms with Gasteiger partial charge in [0.1, 0.15) is 22.5 Å². The van der Waals surface area contributed by atoms with Crippen LogP contribution in [0.3, 0.4) is 0 Å². The first kappa shape index (κ1) is 23.3. The van der Waals surface area contributed by atoms with E-state index < -0.39 is 16.9 Å². The largest absolute Gasteiger partial charge is 0.369 e. The number of nitrogens with one attached hydrogen (secondary N) is 1. The molecule has 4 fully saturated rings. The predicted molar refractivity (Wildman–Crippen MR) is 137 cm³/mol. The molecule has 5 heterocycles. The Morgan fingerprint density at radius 2 is 1.75 bits per heavy atom. The summed E-state index contributed by atoms with van der Waals surface area (Å²) in [5.74, 6) is -0.475. The third kappa shape index (κ3) is 4.68. The molecule has 1 atom stereocenters. The van der Waals surface area contributed by atoms with Gasteiger partial charge in [-0.3, -0.25) is 0 Å². The number of pyridine rings is 1. The van der Waals surface area contributed by atoms with Crippen LogP contribution in [-0.4, -0.2) is 62.5 Å². The van der Waals surface area contributed by atoms with Crippen molar-refractivity contribution in [1.82, 2.24) is 20.0 Å². The van der Waals surface area contributed by atoms with Crippen LogP contribution in [0.15, 0.2) is 42.6 Å². The minimum absolute atomic E-state index is 0.160. The van der Waals surface area contributed by atoms with E-state index in [0.717, 1.165) is 42.0 Å². The van der Waals surface area contributed by atoms with E-state index in [4.69, 9.17) is 4.98 Å². The van der Waals surface area contributed by atoms with Crippen molar-refractivity contribution in [3.8, 4) is 17.1 Å². The molecular formula is C25H29F2N7OS. The second-order valence-corrected chi connectivity index (χ2v) is 11.3. The highest BCUT2D eigenvalue weighted by Crippen LogP contribution is 2.43. The minimum Gasteiger partial charge on any atom is -0.369 e. The van der Waals surface area contributed by atoms with Crippen molar-refractivity contribution in [2.75, 3.05) is 47.0 Å². The number of nitrogens with zero attached hydrogens (tertiary/aromatic N) is 6. The molecule has 3 aliphatic heterocycles. The summed E-state index contributed by atoms with van der Waals surface area (Å²) in [4.78, 5) is 9.00. The van der Waals surface area contributed by atoms with Crippen molar-refractivity contribution in [1.29, 1.82) is 0 Å². The van der Waals surface area contributed by atoms with Gasteiger partial charge in [0.2, 0.25) is 0 Å². The Labute approximate surface area is 211 Å². The summed E-state index contributed by atoms with van der Waals surface area (Å²) in [7, 11) is -1.17. The normalized spacial score (nSPS) is 23.8. The standard InChI is InChI=1S/C25H29F2N7OS/c1-36(35)30-19-5-6-22(23(13-19)33-14-17-11-18(12-17)15-33)34-16-21(29-31-34)20-3-2-4-24(28-20)32-9-7-25(26,27)8-10-32/h2-6,13,16-18,30H,7-12,14-15H2,1H3. The molecule has 190 valence electrons. The maximum Gasteiger partial charge on any atom is 0.251 e. The number of hydrogen-bond acceptors (Lipinski definition) is 6. The average molecular weight is 514 g/mol. The SMILES string of the molecule is CS(=O)Nc1ccc(-n2cc(-c3cccc(N4CCC(F)(F)CC4)n3)nn2)c(N2CC3CC(C3)C2)c1. The van der Waals surface area contributed by atoms with Gasteiger partial charge >= 0.3 is 0 Å². The fourth-order valence-electron chi connectivity index (χ4n) is 5.57. The van der Waals surface area contributed by atoms with Gasteiger partial charge in [0, 0.05) is 51.0 Å². The molecule has 0 radical (unpaired) electrons. The number of rotatable bonds is 6. The van der Waals surface area contributed by atoms with Crippen LogP contribution >= 0.6 is 0 Å². The molecule has 3 saturated heterocycles. The first-order valence-corrected chi connectivity index (χ1v) is 13.9. The molecule has 1 aliphatic carbocycles.